The Labute approximate surface area is 228 Å². The van der Waals surface area contributed by atoms with Crippen molar-refractivity contribution in [2.75, 3.05) is 31.6 Å². The van der Waals surface area contributed by atoms with Crippen molar-refractivity contribution in [2.45, 2.75) is 45.8 Å². The van der Waals surface area contributed by atoms with Crippen LogP contribution >= 0.6 is 0 Å². The molecule has 0 saturated carbocycles. The molecule has 2 aromatic heterocycles. The monoisotopic (exact) mass is 535 g/mol. The molecular weight excluding hydrogens is 501 g/mol. The summed E-state index contributed by atoms with van der Waals surface area (Å²) in [5, 5.41) is 12.1. The first-order valence-electron chi connectivity index (χ1n) is 12.8. The second kappa shape index (κ2) is 11.1. The van der Waals surface area contributed by atoms with E-state index in [9.17, 15) is 19.1 Å². The van der Waals surface area contributed by atoms with Gasteiger partial charge in [-0.25, -0.2) is 14.4 Å². The van der Waals surface area contributed by atoms with E-state index in [1.165, 1.54) is 35.4 Å². The van der Waals surface area contributed by atoms with E-state index in [0.717, 1.165) is 5.56 Å². The van der Waals surface area contributed by atoms with Gasteiger partial charge in [0.15, 0.2) is 0 Å². The molecule has 2 amide bonds. The molecule has 3 aromatic rings. The van der Waals surface area contributed by atoms with Gasteiger partial charge in [-0.05, 0) is 69.7 Å². The van der Waals surface area contributed by atoms with Crippen LogP contribution in [0.5, 0.6) is 11.6 Å². The molecule has 0 aliphatic carbocycles. The molecule has 0 spiro atoms. The number of hydrogen-bond donors (Lipinski definition) is 0. The van der Waals surface area contributed by atoms with Gasteiger partial charge in [0.25, 0.3) is 12.0 Å². The summed E-state index contributed by atoms with van der Waals surface area (Å²) in [6.07, 6.45) is 2.13. The minimum absolute atomic E-state index is 0.0677. The van der Waals surface area contributed by atoms with Gasteiger partial charge in [0.2, 0.25) is 5.88 Å². The van der Waals surface area contributed by atoms with E-state index < -0.39 is 11.6 Å². The lowest BCUT2D eigenvalue weighted by atomic mass is 9.95. The summed E-state index contributed by atoms with van der Waals surface area (Å²) in [5.41, 5.74) is 0.876. The number of carbonyl (C=O) groups is 2. The van der Waals surface area contributed by atoms with Crippen LogP contribution < -0.4 is 14.7 Å². The molecule has 39 heavy (non-hydrogen) atoms. The van der Waals surface area contributed by atoms with Gasteiger partial charge < -0.3 is 14.6 Å². The van der Waals surface area contributed by atoms with Crippen LogP contribution in [0.25, 0.3) is 0 Å². The second-order valence-electron chi connectivity index (χ2n) is 10.9. The largest absolute Gasteiger partial charge is 0.498 e. The van der Waals surface area contributed by atoms with Gasteiger partial charge in [-0.1, -0.05) is 6.07 Å². The summed E-state index contributed by atoms with van der Waals surface area (Å²) in [6.45, 7) is 10.2. The number of nitrogens with zero attached hydrogens (tertiary/aromatic N) is 5. The second-order valence-corrected chi connectivity index (χ2v) is 10.9. The van der Waals surface area contributed by atoms with Crippen LogP contribution in [0, 0.1) is 5.82 Å². The number of hydrogen-bond acceptors (Lipinski definition) is 7. The van der Waals surface area contributed by atoms with E-state index in [1.807, 2.05) is 33.8 Å². The number of carbonyl (C=O) groups excluding carboxylic acids is 2. The number of piperazine rings is 1. The van der Waals surface area contributed by atoms with Crippen molar-refractivity contribution in [3.63, 3.8) is 0 Å². The smallest absolute Gasteiger partial charge is 0.260 e. The molecule has 0 bridgehead atoms. The highest BCUT2D eigenvalue weighted by atomic mass is 19.1. The quantitative estimate of drug-likeness (QED) is 0.442. The Morgan fingerprint density at radius 3 is 2.36 bits per heavy atom. The highest BCUT2D eigenvalue weighted by Gasteiger charge is 2.49. The number of anilines is 1. The number of amides is 2. The molecule has 1 fully saturated rings. The Kier molecular flexibility index (Phi) is 7.99. The van der Waals surface area contributed by atoms with Crippen molar-refractivity contribution in [2.24, 2.45) is 0 Å². The van der Waals surface area contributed by atoms with Crippen molar-refractivity contribution in [3.05, 3.63) is 77.9 Å². The normalized spacial score (nSPS) is 19.9. The third-order valence-electron chi connectivity index (χ3n) is 7.45. The predicted octanol–water partition coefficient (Wildman–Crippen LogP) is 3.85. The first-order valence-corrected chi connectivity index (χ1v) is 12.8. The molecule has 10 heteroatoms. The maximum absolute atomic E-state index is 13.1. The minimum atomic E-state index is -1.03. The van der Waals surface area contributed by atoms with Crippen LogP contribution in [0.4, 0.5) is 15.0 Å². The zero-order valence-electron chi connectivity index (χ0n) is 22.9. The Morgan fingerprint density at radius 2 is 1.82 bits per heavy atom. The van der Waals surface area contributed by atoms with E-state index in [2.05, 4.69) is 14.9 Å². The van der Waals surface area contributed by atoms with Gasteiger partial charge in [-0.3, -0.25) is 19.1 Å². The van der Waals surface area contributed by atoms with E-state index in [4.69, 9.17) is 4.74 Å². The Hall–Kier alpha value is -3.89. The van der Waals surface area contributed by atoms with E-state index in [1.54, 1.807) is 31.4 Å². The third kappa shape index (κ3) is 5.91. The molecule has 1 aromatic carbocycles. The molecule has 4 rings (SSSR count). The molecule has 2 atom stereocenters. The van der Waals surface area contributed by atoms with Crippen molar-refractivity contribution in [3.8, 4) is 11.6 Å². The summed E-state index contributed by atoms with van der Waals surface area (Å²) < 4.78 is 18.6. The molecule has 1 saturated heterocycles. The third-order valence-corrected chi connectivity index (χ3v) is 7.45. The standard InChI is InChI=1S/C29H34FN5O4/c1-20-18-34(14-15-35(20,28(37)38)29(2,3)4)19-21-6-12-25(31-16-21)33(5)27(36)22-7-13-26(32-17-22)39-24-10-8-23(30)9-11-24/h6-13,16-17,20H,14-15,18-19H2,1-5H3/t20-,35?/m0/s1. The van der Waals surface area contributed by atoms with Crippen molar-refractivity contribution in [1.82, 2.24) is 14.9 Å². The van der Waals surface area contributed by atoms with E-state index >= 15 is 0 Å². The summed E-state index contributed by atoms with van der Waals surface area (Å²) in [4.78, 5) is 37.5. The first kappa shape index (κ1) is 28.1. The number of rotatable bonds is 6. The van der Waals surface area contributed by atoms with Crippen LogP contribution in [-0.2, 0) is 6.54 Å². The average molecular weight is 536 g/mol. The number of carboxylic acid groups (broad SMARTS) is 1. The summed E-state index contributed by atoms with van der Waals surface area (Å²) in [7, 11) is 1.64. The van der Waals surface area contributed by atoms with Gasteiger partial charge in [0.1, 0.15) is 23.4 Å². The molecule has 9 nitrogen and oxygen atoms in total. The van der Waals surface area contributed by atoms with Crippen LogP contribution in [0.3, 0.4) is 0 Å². The van der Waals surface area contributed by atoms with E-state index in [0.29, 0.717) is 43.3 Å². The Bertz CT molecular complexity index is 1310. The van der Waals surface area contributed by atoms with Crippen molar-refractivity contribution < 1.29 is 28.3 Å². The maximum Gasteiger partial charge on any atom is 0.260 e. The number of ether oxygens (including phenoxy) is 1. The molecule has 1 aliphatic heterocycles. The molecule has 0 N–H and O–H groups in total. The molecule has 0 radical (unpaired) electrons. The van der Waals surface area contributed by atoms with Crippen molar-refractivity contribution >= 4 is 17.8 Å². The van der Waals surface area contributed by atoms with Gasteiger partial charge in [0.05, 0.1) is 24.2 Å². The summed E-state index contributed by atoms with van der Waals surface area (Å²) in [5.74, 6) is 0.577. The van der Waals surface area contributed by atoms with Gasteiger partial charge in [-0.15, -0.1) is 0 Å². The minimum Gasteiger partial charge on any atom is -0.498 e. The fourth-order valence-electron chi connectivity index (χ4n) is 5.26. The number of quaternary nitrogens is 1. The zero-order chi connectivity index (χ0) is 28.4. The van der Waals surface area contributed by atoms with Crippen LogP contribution in [0.2, 0.25) is 0 Å². The summed E-state index contributed by atoms with van der Waals surface area (Å²) in [6, 6.07) is 12.4. The Morgan fingerprint density at radius 1 is 1.10 bits per heavy atom. The van der Waals surface area contributed by atoms with E-state index in [-0.39, 0.29) is 28.1 Å². The highest BCUT2D eigenvalue weighted by molar-refractivity contribution is 6.05. The van der Waals surface area contributed by atoms with Crippen LogP contribution in [0.1, 0.15) is 43.6 Å². The van der Waals surface area contributed by atoms with Crippen LogP contribution in [-0.4, -0.2) is 69.6 Å². The van der Waals surface area contributed by atoms with Gasteiger partial charge in [0, 0.05) is 38.6 Å². The lowest BCUT2D eigenvalue weighted by Gasteiger charge is -2.55. The van der Waals surface area contributed by atoms with Crippen molar-refractivity contribution in [1.29, 1.82) is 0 Å². The first-order chi connectivity index (χ1) is 18.4. The number of pyridine rings is 2. The number of aromatic nitrogens is 2. The maximum atomic E-state index is 13.1. The predicted molar refractivity (Wildman–Crippen MR) is 143 cm³/mol. The molecular formula is C29H34FN5O4. The average Bonchev–Trinajstić information content (AvgIpc) is 2.89. The summed E-state index contributed by atoms with van der Waals surface area (Å²) >= 11 is 0. The lowest BCUT2D eigenvalue weighted by Crippen LogP contribution is -2.76. The molecule has 3 heterocycles. The number of benzene rings is 1. The number of halogens is 1. The molecule has 1 unspecified atom stereocenters. The topological polar surface area (TPSA) is 98.7 Å². The zero-order valence-corrected chi connectivity index (χ0v) is 22.9. The SMILES string of the molecule is C[C@H]1CN(Cc2ccc(N(C)C(=O)c3ccc(Oc4ccc(F)cc4)nc3)nc2)CC[N+]1(C(=O)[O-])C(C)(C)C. The van der Waals surface area contributed by atoms with Gasteiger partial charge >= 0.3 is 0 Å². The van der Waals surface area contributed by atoms with Gasteiger partial charge in [-0.2, -0.15) is 0 Å². The molecule has 206 valence electrons. The molecule has 1 aliphatic rings. The van der Waals surface area contributed by atoms with Crippen LogP contribution in [0.15, 0.2) is 60.9 Å². The fourth-order valence-corrected chi connectivity index (χ4v) is 5.26. The fraction of sp³-hybridized carbons (Fsp3) is 0.379. The Balaban J connectivity index is 1.36. The lowest BCUT2D eigenvalue weighted by molar-refractivity contribution is -0.943. The highest BCUT2D eigenvalue weighted by Crippen LogP contribution is 2.32.